The van der Waals surface area contributed by atoms with Crippen LogP contribution in [0.5, 0.6) is 0 Å². The summed E-state index contributed by atoms with van der Waals surface area (Å²) in [6, 6.07) is 1.60. The van der Waals surface area contributed by atoms with Gasteiger partial charge in [0.1, 0.15) is 0 Å². The van der Waals surface area contributed by atoms with Crippen molar-refractivity contribution < 1.29 is 9.32 Å². The van der Waals surface area contributed by atoms with Crippen LogP contribution in [0.2, 0.25) is 0 Å². The minimum absolute atomic E-state index is 0.203. The third-order valence-electron chi connectivity index (χ3n) is 2.49. The second-order valence-corrected chi connectivity index (χ2v) is 4.55. The van der Waals surface area contributed by atoms with Crippen LogP contribution in [-0.4, -0.2) is 55.1 Å². The Balaban J connectivity index is 2.37. The number of nitrogens with one attached hydrogen (secondary N) is 1. The van der Waals surface area contributed by atoms with Gasteiger partial charge in [0.25, 0.3) is 5.91 Å². The Labute approximate surface area is 107 Å². The Bertz CT molecular complexity index is 377. The molecule has 1 aromatic heterocycles. The van der Waals surface area contributed by atoms with Crippen molar-refractivity contribution in [1.82, 2.24) is 20.4 Å². The van der Waals surface area contributed by atoms with Crippen LogP contribution in [0.15, 0.2) is 10.6 Å². The highest BCUT2D eigenvalue weighted by molar-refractivity contribution is 5.91. The first-order valence-electron chi connectivity index (χ1n) is 5.82. The van der Waals surface area contributed by atoms with Crippen molar-refractivity contribution >= 4 is 5.91 Å². The standard InChI is InChI=1S/C11H21N5O2/c1-15(2)5-4-6-16(3)8-9-7-10(14-18-9)11(17)13-12/h7H,4-6,8,12H2,1-3H3,(H,13,17). The number of hydrazine groups is 1. The summed E-state index contributed by atoms with van der Waals surface area (Å²) >= 11 is 0. The molecule has 1 rings (SSSR count). The van der Waals surface area contributed by atoms with Gasteiger partial charge in [0.2, 0.25) is 0 Å². The van der Waals surface area contributed by atoms with Gasteiger partial charge < -0.3 is 9.42 Å². The molecule has 0 bridgehead atoms. The van der Waals surface area contributed by atoms with Crippen LogP contribution in [-0.2, 0) is 6.54 Å². The number of nitrogen functional groups attached to an aromatic ring is 1. The number of nitrogens with two attached hydrogens (primary N) is 1. The maximum Gasteiger partial charge on any atom is 0.287 e. The fourth-order valence-electron chi connectivity index (χ4n) is 1.57. The second kappa shape index (κ2) is 7.10. The number of carbonyl (C=O) groups is 1. The zero-order valence-corrected chi connectivity index (χ0v) is 11.1. The van der Waals surface area contributed by atoms with E-state index >= 15 is 0 Å². The molecule has 0 unspecified atom stereocenters. The normalized spacial score (nSPS) is 11.2. The van der Waals surface area contributed by atoms with Gasteiger partial charge in [0.05, 0.1) is 6.54 Å². The van der Waals surface area contributed by atoms with Crippen molar-refractivity contribution in [3.63, 3.8) is 0 Å². The highest BCUT2D eigenvalue weighted by atomic mass is 16.5. The molecule has 0 saturated carbocycles. The first-order valence-corrected chi connectivity index (χ1v) is 5.82. The van der Waals surface area contributed by atoms with E-state index in [0.717, 1.165) is 19.5 Å². The van der Waals surface area contributed by atoms with E-state index in [1.165, 1.54) is 0 Å². The van der Waals surface area contributed by atoms with Gasteiger partial charge in [-0.25, -0.2) is 5.84 Å². The van der Waals surface area contributed by atoms with Crippen molar-refractivity contribution in [1.29, 1.82) is 0 Å². The van der Waals surface area contributed by atoms with Crippen molar-refractivity contribution in [3.05, 3.63) is 17.5 Å². The van der Waals surface area contributed by atoms with Gasteiger partial charge in [-0.2, -0.15) is 0 Å². The molecule has 0 aliphatic rings. The van der Waals surface area contributed by atoms with Gasteiger partial charge in [-0.05, 0) is 40.7 Å². The zero-order valence-electron chi connectivity index (χ0n) is 11.1. The molecule has 0 aliphatic heterocycles. The zero-order chi connectivity index (χ0) is 13.5. The van der Waals surface area contributed by atoms with Crippen molar-refractivity contribution in [3.8, 4) is 0 Å². The fraction of sp³-hybridized carbons (Fsp3) is 0.636. The van der Waals surface area contributed by atoms with Gasteiger partial charge in [-0.3, -0.25) is 15.1 Å². The average Bonchev–Trinajstić information content (AvgIpc) is 2.76. The molecule has 0 aromatic carbocycles. The van der Waals surface area contributed by atoms with Gasteiger partial charge in [-0.15, -0.1) is 0 Å². The largest absolute Gasteiger partial charge is 0.359 e. The molecule has 0 radical (unpaired) electrons. The summed E-state index contributed by atoms with van der Waals surface area (Å²) in [5.74, 6) is 5.22. The topological polar surface area (TPSA) is 87.6 Å². The predicted octanol–water partition coefficient (Wildman–Crippen LogP) is -0.338. The summed E-state index contributed by atoms with van der Waals surface area (Å²) in [5, 5.41) is 3.65. The van der Waals surface area contributed by atoms with Crippen LogP contribution in [0.3, 0.4) is 0 Å². The van der Waals surface area contributed by atoms with E-state index in [1.54, 1.807) is 6.07 Å². The first-order chi connectivity index (χ1) is 8.52. The smallest absolute Gasteiger partial charge is 0.287 e. The molecule has 0 aliphatic carbocycles. The van der Waals surface area contributed by atoms with Gasteiger partial charge in [-0.1, -0.05) is 5.16 Å². The molecular weight excluding hydrogens is 234 g/mol. The summed E-state index contributed by atoms with van der Waals surface area (Å²) < 4.78 is 5.07. The summed E-state index contributed by atoms with van der Waals surface area (Å²) in [5.41, 5.74) is 2.22. The second-order valence-electron chi connectivity index (χ2n) is 4.55. The van der Waals surface area contributed by atoms with E-state index in [-0.39, 0.29) is 5.69 Å². The van der Waals surface area contributed by atoms with E-state index in [2.05, 4.69) is 15.0 Å². The maximum atomic E-state index is 11.2. The SMILES string of the molecule is CN(C)CCCN(C)Cc1cc(C(=O)NN)no1. The summed E-state index contributed by atoms with van der Waals surface area (Å²) in [4.78, 5) is 15.4. The minimum Gasteiger partial charge on any atom is -0.359 e. The Morgan fingerprint density at radius 2 is 2.17 bits per heavy atom. The summed E-state index contributed by atoms with van der Waals surface area (Å²) in [7, 11) is 6.10. The first kappa shape index (κ1) is 14.6. The lowest BCUT2D eigenvalue weighted by Crippen LogP contribution is -2.30. The van der Waals surface area contributed by atoms with E-state index in [4.69, 9.17) is 10.4 Å². The number of nitrogens with zero attached hydrogens (tertiary/aromatic N) is 3. The number of hydrogen-bond donors (Lipinski definition) is 2. The Morgan fingerprint density at radius 3 is 2.78 bits per heavy atom. The van der Waals surface area contributed by atoms with E-state index in [9.17, 15) is 4.79 Å². The van der Waals surface area contributed by atoms with Gasteiger partial charge >= 0.3 is 0 Å². The van der Waals surface area contributed by atoms with Crippen LogP contribution in [0.25, 0.3) is 0 Å². The van der Waals surface area contributed by atoms with E-state index < -0.39 is 5.91 Å². The third-order valence-corrected chi connectivity index (χ3v) is 2.49. The van der Waals surface area contributed by atoms with Gasteiger partial charge in [0.15, 0.2) is 11.5 Å². The maximum absolute atomic E-state index is 11.2. The molecule has 7 nitrogen and oxygen atoms in total. The van der Waals surface area contributed by atoms with Crippen LogP contribution in [0.1, 0.15) is 22.7 Å². The molecule has 0 saturated heterocycles. The number of rotatable bonds is 7. The number of amides is 1. The average molecular weight is 255 g/mol. The molecule has 7 heteroatoms. The number of aromatic nitrogens is 1. The highest BCUT2D eigenvalue weighted by Gasteiger charge is 2.12. The number of carbonyl (C=O) groups excluding carboxylic acids is 1. The fourth-order valence-corrected chi connectivity index (χ4v) is 1.57. The van der Waals surface area contributed by atoms with Crippen molar-refractivity contribution in [2.45, 2.75) is 13.0 Å². The lowest BCUT2D eigenvalue weighted by atomic mass is 10.3. The molecule has 1 aromatic rings. The minimum atomic E-state index is -0.444. The number of hydrogen-bond acceptors (Lipinski definition) is 6. The van der Waals surface area contributed by atoms with Crippen LogP contribution in [0, 0.1) is 0 Å². The molecule has 0 fully saturated rings. The van der Waals surface area contributed by atoms with E-state index in [1.807, 2.05) is 26.6 Å². The molecule has 0 spiro atoms. The molecule has 102 valence electrons. The highest BCUT2D eigenvalue weighted by Crippen LogP contribution is 2.06. The summed E-state index contributed by atoms with van der Waals surface area (Å²) in [6.07, 6.45) is 1.08. The summed E-state index contributed by atoms with van der Waals surface area (Å²) in [6.45, 7) is 2.62. The molecular formula is C11H21N5O2. The molecule has 1 heterocycles. The Hall–Kier alpha value is -1.44. The quantitative estimate of drug-likeness (QED) is 0.394. The van der Waals surface area contributed by atoms with Crippen molar-refractivity contribution in [2.75, 3.05) is 34.2 Å². The lowest BCUT2D eigenvalue weighted by molar-refractivity contribution is 0.0944. The van der Waals surface area contributed by atoms with E-state index in [0.29, 0.717) is 12.3 Å². The third kappa shape index (κ3) is 4.82. The van der Waals surface area contributed by atoms with Crippen LogP contribution in [0.4, 0.5) is 0 Å². The lowest BCUT2D eigenvalue weighted by Gasteiger charge is -2.16. The van der Waals surface area contributed by atoms with Crippen LogP contribution < -0.4 is 11.3 Å². The monoisotopic (exact) mass is 255 g/mol. The molecule has 1 amide bonds. The van der Waals surface area contributed by atoms with Gasteiger partial charge in [0, 0.05) is 6.07 Å². The molecule has 18 heavy (non-hydrogen) atoms. The predicted molar refractivity (Wildman–Crippen MR) is 67.7 cm³/mol. The Morgan fingerprint density at radius 1 is 1.44 bits per heavy atom. The molecule has 0 atom stereocenters. The van der Waals surface area contributed by atoms with Crippen molar-refractivity contribution in [2.24, 2.45) is 5.84 Å². The Kier molecular flexibility index (Phi) is 5.76. The molecule has 3 N–H and O–H groups in total. The van der Waals surface area contributed by atoms with Crippen LogP contribution >= 0.6 is 0 Å².